The molecule has 1 aliphatic rings. The van der Waals surface area contributed by atoms with E-state index < -0.39 is 0 Å². The van der Waals surface area contributed by atoms with Gasteiger partial charge in [0.25, 0.3) is 0 Å². The molecule has 1 aliphatic carbocycles. The molecule has 4 nitrogen and oxygen atoms in total. The van der Waals surface area contributed by atoms with Gasteiger partial charge in [-0.15, -0.1) is 0 Å². The van der Waals surface area contributed by atoms with Crippen molar-refractivity contribution in [1.29, 1.82) is 0 Å². The number of hydrogen-bond acceptors (Lipinski definition) is 2. The molecule has 0 N–H and O–H groups in total. The average molecular weight is 196 g/mol. The zero-order valence-electron chi connectivity index (χ0n) is 8.53. The summed E-state index contributed by atoms with van der Waals surface area (Å²) in [6.07, 6.45) is 9.93. The third-order valence-electron chi connectivity index (χ3n) is 2.30. The monoisotopic (exact) mass is 196 g/mol. The summed E-state index contributed by atoms with van der Waals surface area (Å²) in [7, 11) is 0. The highest BCUT2D eigenvalue weighted by molar-refractivity contribution is 5.37. The maximum Gasteiger partial charge on any atom is -0.0159 e. The lowest BCUT2D eigenvalue weighted by atomic mass is 9.88. The average Bonchev–Trinajstić information content (AvgIpc) is 2.21. The molecule has 0 bridgehead atoms. The van der Waals surface area contributed by atoms with Crippen LogP contribution in [0.5, 0.6) is 0 Å². The smallest absolute Gasteiger partial charge is 0.0159 e. The summed E-state index contributed by atoms with van der Waals surface area (Å²) in [5, 5.41) is 13.5. The first-order chi connectivity index (χ1) is 6.76. The van der Waals surface area contributed by atoms with Crippen LogP contribution in [0.1, 0.15) is 45.4 Å². The lowest BCUT2D eigenvalue weighted by molar-refractivity contribution is 0.349. The fourth-order valence-electron chi connectivity index (χ4n) is 1.60. The summed E-state index contributed by atoms with van der Waals surface area (Å²) in [4.78, 5) is 16.5. The molecule has 0 aromatic carbocycles. The van der Waals surface area contributed by atoms with Crippen molar-refractivity contribution in [2.45, 2.75) is 45.4 Å². The summed E-state index contributed by atoms with van der Waals surface area (Å²) in [5.41, 5.74) is 0. The van der Waals surface area contributed by atoms with Gasteiger partial charge in [0.15, 0.2) is 0 Å². The van der Waals surface area contributed by atoms with Crippen LogP contribution in [-0.4, -0.2) is 12.2 Å². The molecule has 1 rings (SSSR count). The Hall–Kier alpha value is -1.24. The van der Waals surface area contributed by atoms with E-state index in [0.29, 0.717) is 12.2 Å². The molecular weight excluding hydrogens is 180 g/mol. The fraction of sp³-hybridized carbons (Fsp3) is 0.800. The number of hydrogen-bond donors (Lipinski definition) is 0. The predicted octanol–water partition coefficient (Wildman–Crippen LogP) is 2.76. The minimum Gasteiger partial charge on any atom is -0.724 e. The van der Waals surface area contributed by atoms with E-state index in [0.717, 1.165) is 5.92 Å². The van der Waals surface area contributed by atoms with Gasteiger partial charge in [0, 0.05) is 0 Å². The third-order valence-corrected chi connectivity index (χ3v) is 2.30. The van der Waals surface area contributed by atoms with E-state index in [-0.39, 0.29) is 0 Å². The van der Waals surface area contributed by atoms with Crippen molar-refractivity contribution in [2.24, 2.45) is 5.92 Å². The van der Waals surface area contributed by atoms with E-state index >= 15 is 0 Å². The van der Waals surface area contributed by atoms with Crippen LogP contribution in [0.25, 0.3) is 10.8 Å². The maximum atomic E-state index is 8.24. The molecule has 0 radical (unpaired) electrons. The van der Waals surface area contributed by atoms with E-state index in [4.69, 9.17) is 20.4 Å². The molecule has 80 valence electrons. The molecule has 0 aromatic heterocycles. The van der Waals surface area contributed by atoms with Gasteiger partial charge < -0.3 is 10.8 Å². The van der Waals surface area contributed by atoms with E-state index in [1.807, 2.05) is 0 Å². The van der Waals surface area contributed by atoms with Crippen molar-refractivity contribution in [3.05, 3.63) is 10.8 Å². The van der Waals surface area contributed by atoms with Gasteiger partial charge in [0.1, 0.15) is 0 Å². The van der Waals surface area contributed by atoms with E-state index in [2.05, 4.69) is 6.92 Å². The van der Waals surface area contributed by atoms with E-state index in [1.54, 1.807) is 0 Å². The largest absolute Gasteiger partial charge is 0.724 e. The third kappa shape index (κ3) is 13.4. The quantitative estimate of drug-likeness (QED) is 0.477. The van der Waals surface area contributed by atoms with Gasteiger partial charge in [-0.2, -0.15) is 0 Å². The Bertz CT molecular complexity index is 163. The number of carbonyl (C=O) groups excluding carboxylic acids is 2. The topological polar surface area (TPSA) is 78.7 Å². The van der Waals surface area contributed by atoms with Crippen LogP contribution >= 0.6 is 0 Å². The minimum atomic E-state index is 0.500. The molecule has 0 heterocycles. The van der Waals surface area contributed by atoms with E-state index in [1.165, 1.54) is 38.5 Å². The molecule has 0 aliphatic heterocycles. The van der Waals surface area contributed by atoms with Gasteiger partial charge in [-0.3, -0.25) is 9.59 Å². The molecule has 1 saturated carbocycles. The molecule has 0 unspecified atom stereocenters. The summed E-state index contributed by atoms with van der Waals surface area (Å²) >= 11 is 0. The van der Waals surface area contributed by atoms with Crippen LogP contribution in [0.3, 0.4) is 0 Å². The van der Waals surface area contributed by atoms with Crippen LogP contribution < -0.4 is 0 Å². The molecule has 0 atom stereocenters. The van der Waals surface area contributed by atoms with Crippen molar-refractivity contribution in [3.63, 3.8) is 0 Å². The SMILES string of the molecule is CCC1CCCCC1.[N-]=C=O.[N-]=C=O. The Labute approximate surface area is 84.7 Å². The first-order valence-electron chi connectivity index (χ1n) is 4.79. The van der Waals surface area contributed by atoms with Crippen LogP contribution in [0, 0.1) is 5.92 Å². The van der Waals surface area contributed by atoms with Crippen molar-refractivity contribution < 1.29 is 9.59 Å². The van der Waals surface area contributed by atoms with Crippen molar-refractivity contribution in [3.8, 4) is 0 Å². The van der Waals surface area contributed by atoms with Gasteiger partial charge in [-0.25, -0.2) is 0 Å². The highest BCUT2D eigenvalue weighted by atomic mass is 16.1. The second-order valence-corrected chi connectivity index (χ2v) is 3.09. The van der Waals surface area contributed by atoms with Crippen molar-refractivity contribution in [1.82, 2.24) is 0 Å². The molecule has 0 amide bonds. The van der Waals surface area contributed by atoms with Gasteiger partial charge in [0.05, 0.1) is 0 Å². The number of nitrogens with zero attached hydrogens (tertiary/aromatic N) is 2. The second-order valence-electron chi connectivity index (χ2n) is 3.09. The maximum absolute atomic E-state index is 8.24. The van der Waals surface area contributed by atoms with Crippen LogP contribution in [0.2, 0.25) is 0 Å². The van der Waals surface area contributed by atoms with Crippen molar-refractivity contribution >= 4 is 12.2 Å². The van der Waals surface area contributed by atoms with Crippen LogP contribution in [-0.2, 0) is 9.59 Å². The van der Waals surface area contributed by atoms with Crippen LogP contribution in [0.15, 0.2) is 0 Å². The Balaban J connectivity index is 0. The van der Waals surface area contributed by atoms with Crippen molar-refractivity contribution in [2.75, 3.05) is 0 Å². The standard InChI is InChI=1S/C8H16.2CNO/c1-2-8-6-4-3-5-7-8;2*2-1-3/h8H,2-7H2,1H3;;/q;2*-1. The van der Waals surface area contributed by atoms with Crippen LogP contribution in [0.4, 0.5) is 0 Å². The lowest BCUT2D eigenvalue weighted by Crippen LogP contribution is -2.03. The Morgan fingerprint density at radius 3 is 1.64 bits per heavy atom. The molecule has 0 spiro atoms. The zero-order chi connectivity index (χ0) is 11.2. The second kappa shape index (κ2) is 14.3. The summed E-state index contributed by atoms with van der Waals surface area (Å²) in [5.74, 6) is 1.09. The van der Waals surface area contributed by atoms with E-state index in [9.17, 15) is 0 Å². The fourth-order valence-corrected chi connectivity index (χ4v) is 1.60. The number of isocyanates is 2. The zero-order valence-corrected chi connectivity index (χ0v) is 8.53. The predicted molar refractivity (Wildman–Crippen MR) is 55.0 cm³/mol. The molecule has 1 fully saturated rings. The van der Waals surface area contributed by atoms with Gasteiger partial charge in [-0.05, 0) is 18.1 Å². The van der Waals surface area contributed by atoms with Gasteiger partial charge >= 0.3 is 0 Å². The molecular formula is C10H16N2O2-2. The summed E-state index contributed by atoms with van der Waals surface area (Å²) in [6.45, 7) is 2.32. The first-order valence-corrected chi connectivity index (χ1v) is 4.79. The highest BCUT2D eigenvalue weighted by Gasteiger charge is 2.09. The molecule has 0 aromatic rings. The Morgan fingerprint density at radius 2 is 1.43 bits per heavy atom. The van der Waals surface area contributed by atoms with Gasteiger partial charge in [0.2, 0.25) is 0 Å². The lowest BCUT2D eigenvalue weighted by Gasteiger charge is -2.18. The molecule has 14 heavy (non-hydrogen) atoms. The molecule has 4 heteroatoms. The normalized spacial score (nSPS) is 14.6. The highest BCUT2D eigenvalue weighted by Crippen LogP contribution is 2.25. The Kier molecular flexibility index (Phi) is 15.6. The number of rotatable bonds is 1. The summed E-state index contributed by atoms with van der Waals surface area (Å²) in [6, 6.07) is 0. The Morgan fingerprint density at radius 1 is 1.07 bits per heavy atom. The van der Waals surface area contributed by atoms with Gasteiger partial charge in [-0.1, -0.05) is 45.4 Å². The molecule has 0 saturated heterocycles. The first kappa shape index (κ1) is 15.2. The summed E-state index contributed by atoms with van der Waals surface area (Å²) < 4.78 is 0. The minimum absolute atomic E-state index is 0.500.